The van der Waals surface area contributed by atoms with E-state index >= 15 is 0 Å². The molecule has 0 unspecified atom stereocenters. The second-order valence-corrected chi connectivity index (χ2v) is 4.20. The van der Waals surface area contributed by atoms with Gasteiger partial charge in [0, 0.05) is 12.6 Å². The summed E-state index contributed by atoms with van der Waals surface area (Å²) in [5, 5.41) is 10.6. The molecule has 98 valence electrons. The quantitative estimate of drug-likeness (QED) is 0.467. The van der Waals surface area contributed by atoms with Crippen molar-refractivity contribution < 1.29 is 14.5 Å². The van der Waals surface area contributed by atoms with Gasteiger partial charge >= 0.3 is 5.97 Å². The number of rotatable bonds is 5. The number of nitro groups is 1. The highest BCUT2D eigenvalue weighted by molar-refractivity contribution is 9.10. The molecule has 0 aromatic carbocycles. The molecule has 0 saturated carbocycles. The number of pyridine rings is 1. The van der Waals surface area contributed by atoms with Crippen LogP contribution in [0.25, 0.3) is 0 Å². The van der Waals surface area contributed by atoms with Gasteiger partial charge in [-0.2, -0.15) is 0 Å². The number of carbonyl (C=O) groups excluding carboxylic acids is 1. The first-order valence-electron chi connectivity index (χ1n) is 5.11. The highest BCUT2D eigenvalue weighted by Crippen LogP contribution is 2.27. The van der Waals surface area contributed by atoms with Crippen LogP contribution in [0.2, 0.25) is 0 Å². The van der Waals surface area contributed by atoms with Crippen molar-refractivity contribution in [1.82, 2.24) is 4.98 Å². The zero-order valence-electron chi connectivity index (χ0n) is 9.92. The smallest absolute Gasteiger partial charge is 0.325 e. The summed E-state index contributed by atoms with van der Waals surface area (Å²) in [6.45, 7) is 2.41. The van der Waals surface area contributed by atoms with Crippen LogP contribution >= 0.6 is 15.9 Å². The maximum atomic E-state index is 11.2. The molecule has 0 bridgehead atoms. The molecule has 0 fully saturated rings. The maximum Gasteiger partial charge on any atom is 0.325 e. The van der Waals surface area contributed by atoms with Gasteiger partial charge in [-0.05, 0) is 22.9 Å². The third kappa shape index (κ3) is 3.39. The number of ether oxygens (including phenoxy) is 1. The Balaban J connectivity index is 3.00. The average molecular weight is 318 g/mol. The van der Waals surface area contributed by atoms with E-state index in [-0.39, 0.29) is 12.2 Å². The van der Waals surface area contributed by atoms with Crippen molar-refractivity contribution in [2.75, 3.05) is 25.1 Å². The first kappa shape index (κ1) is 14.4. The molecule has 1 aromatic heterocycles. The van der Waals surface area contributed by atoms with Gasteiger partial charge < -0.3 is 9.64 Å². The molecule has 0 spiro atoms. The Morgan fingerprint density at radius 1 is 1.67 bits per heavy atom. The lowest BCUT2D eigenvalue weighted by Crippen LogP contribution is -2.31. The summed E-state index contributed by atoms with van der Waals surface area (Å²) in [7, 11) is 1.30. The van der Waals surface area contributed by atoms with Gasteiger partial charge in [-0.1, -0.05) is 0 Å². The Labute approximate surface area is 112 Å². The fourth-order valence-corrected chi connectivity index (χ4v) is 1.90. The number of likely N-dealkylation sites (N-methyl/N-ethyl adjacent to an activating group) is 1. The fraction of sp³-hybridized carbons (Fsp3) is 0.400. The molecular weight excluding hydrogens is 306 g/mol. The zero-order chi connectivity index (χ0) is 13.7. The molecule has 0 N–H and O–H groups in total. The Kier molecular flexibility index (Phi) is 5.02. The minimum atomic E-state index is -0.530. The Morgan fingerprint density at radius 2 is 2.33 bits per heavy atom. The monoisotopic (exact) mass is 317 g/mol. The molecule has 1 heterocycles. The molecule has 18 heavy (non-hydrogen) atoms. The molecule has 0 aliphatic carbocycles. The first-order valence-corrected chi connectivity index (χ1v) is 5.90. The average Bonchev–Trinajstić information content (AvgIpc) is 2.35. The minimum absolute atomic E-state index is 0.0381. The Hall–Kier alpha value is -1.70. The lowest BCUT2D eigenvalue weighted by molar-refractivity contribution is -0.385. The number of esters is 1. The van der Waals surface area contributed by atoms with E-state index in [1.165, 1.54) is 13.2 Å². The molecule has 0 saturated heterocycles. The maximum absolute atomic E-state index is 11.2. The van der Waals surface area contributed by atoms with Gasteiger partial charge in [0.1, 0.15) is 18.6 Å². The molecule has 0 amide bonds. The number of aromatic nitrogens is 1. The molecule has 1 aromatic rings. The summed E-state index contributed by atoms with van der Waals surface area (Å²) in [5.41, 5.74) is -0.111. The van der Waals surface area contributed by atoms with E-state index in [1.54, 1.807) is 4.90 Å². The standard InChI is InChI=1S/C10H12BrN3O4/c1-3-13(6-9(15)18-2)10-8(11)4-7(5-12-10)14(16)17/h4-5H,3,6H2,1-2H3. The minimum Gasteiger partial charge on any atom is -0.468 e. The van der Waals surface area contributed by atoms with E-state index in [0.717, 1.165) is 6.20 Å². The van der Waals surface area contributed by atoms with Crippen molar-refractivity contribution >= 4 is 33.4 Å². The number of hydrogen-bond donors (Lipinski definition) is 0. The van der Waals surface area contributed by atoms with Crippen molar-refractivity contribution in [3.8, 4) is 0 Å². The largest absolute Gasteiger partial charge is 0.468 e. The summed E-state index contributed by atoms with van der Waals surface area (Å²) in [6, 6.07) is 1.35. The van der Waals surface area contributed by atoms with Crippen molar-refractivity contribution in [2.45, 2.75) is 6.92 Å². The first-order chi connectivity index (χ1) is 8.49. The number of halogens is 1. The van der Waals surface area contributed by atoms with Crippen LogP contribution in [-0.4, -0.2) is 36.1 Å². The normalized spacial score (nSPS) is 9.94. The summed E-state index contributed by atoms with van der Waals surface area (Å²) in [5.74, 6) is 0.0670. The van der Waals surface area contributed by atoms with Gasteiger partial charge in [0.2, 0.25) is 0 Å². The predicted molar refractivity (Wildman–Crippen MR) is 68.5 cm³/mol. The van der Waals surface area contributed by atoms with E-state index in [2.05, 4.69) is 25.7 Å². The van der Waals surface area contributed by atoms with Crippen LogP contribution in [-0.2, 0) is 9.53 Å². The number of hydrogen-bond acceptors (Lipinski definition) is 6. The fourth-order valence-electron chi connectivity index (χ4n) is 1.31. The van der Waals surface area contributed by atoms with Crippen molar-refractivity contribution in [3.63, 3.8) is 0 Å². The molecule has 0 atom stereocenters. The van der Waals surface area contributed by atoms with Gasteiger partial charge in [-0.3, -0.25) is 14.9 Å². The lowest BCUT2D eigenvalue weighted by Gasteiger charge is -2.21. The molecule has 1 rings (SSSR count). The summed E-state index contributed by atoms with van der Waals surface area (Å²) in [4.78, 5) is 26.9. The topological polar surface area (TPSA) is 85.6 Å². The zero-order valence-corrected chi connectivity index (χ0v) is 11.5. The molecule has 0 aliphatic rings. The SMILES string of the molecule is CCN(CC(=O)OC)c1ncc([N+](=O)[O-])cc1Br. The van der Waals surface area contributed by atoms with Gasteiger partial charge in [-0.25, -0.2) is 4.98 Å². The van der Waals surface area contributed by atoms with Crippen molar-refractivity contribution in [3.05, 3.63) is 26.9 Å². The summed E-state index contributed by atoms with van der Waals surface area (Å²) >= 11 is 3.21. The Bertz CT molecular complexity index is 466. The van der Waals surface area contributed by atoms with Crippen LogP contribution < -0.4 is 4.90 Å². The number of anilines is 1. The Morgan fingerprint density at radius 3 is 2.78 bits per heavy atom. The van der Waals surface area contributed by atoms with E-state index in [4.69, 9.17) is 0 Å². The highest BCUT2D eigenvalue weighted by Gasteiger charge is 2.17. The van der Waals surface area contributed by atoms with Crippen molar-refractivity contribution in [2.24, 2.45) is 0 Å². The van der Waals surface area contributed by atoms with Crippen LogP contribution in [0.5, 0.6) is 0 Å². The number of carbonyl (C=O) groups is 1. The third-order valence-corrected chi connectivity index (χ3v) is 2.83. The van der Waals surface area contributed by atoms with Gasteiger partial charge in [0.25, 0.3) is 5.69 Å². The molecule has 7 nitrogen and oxygen atoms in total. The highest BCUT2D eigenvalue weighted by atomic mass is 79.9. The third-order valence-electron chi connectivity index (χ3n) is 2.25. The molecule has 0 radical (unpaired) electrons. The molecular formula is C10H12BrN3O4. The molecule has 8 heteroatoms. The van der Waals surface area contributed by atoms with E-state index < -0.39 is 10.9 Å². The van der Waals surface area contributed by atoms with E-state index in [1.807, 2.05) is 6.92 Å². The predicted octanol–water partition coefficient (Wildman–Crippen LogP) is 1.75. The van der Waals surface area contributed by atoms with Crippen LogP contribution in [0.15, 0.2) is 16.7 Å². The van der Waals surface area contributed by atoms with Crippen LogP contribution in [0.1, 0.15) is 6.92 Å². The van der Waals surface area contributed by atoms with Crippen LogP contribution in [0, 0.1) is 10.1 Å². The number of nitrogens with zero attached hydrogens (tertiary/aromatic N) is 3. The van der Waals surface area contributed by atoms with Crippen LogP contribution in [0.4, 0.5) is 11.5 Å². The second kappa shape index (κ2) is 6.29. The summed E-state index contributed by atoms with van der Waals surface area (Å²) in [6.07, 6.45) is 1.15. The van der Waals surface area contributed by atoms with E-state index in [0.29, 0.717) is 16.8 Å². The summed E-state index contributed by atoms with van der Waals surface area (Å²) < 4.78 is 5.03. The second-order valence-electron chi connectivity index (χ2n) is 3.35. The van der Waals surface area contributed by atoms with E-state index in [9.17, 15) is 14.9 Å². The van der Waals surface area contributed by atoms with Gasteiger partial charge in [-0.15, -0.1) is 0 Å². The number of methoxy groups -OCH3 is 1. The van der Waals surface area contributed by atoms with Crippen molar-refractivity contribution in [1.29, 1.82) is 0 Å². The van der Waals surface area contributed by atoms with Gasteiger partial charge in [0.05, 0.1) is 16.5 Å². The van der Waals surface area contributed by atoms with Crippen LogP contribution in [0.3, 0.4) is 0 Å². The lowest BCUT2D eigenvalue weighted by atomic mass is 10.3. The van der Waals surface area contributed by atoms with Gasteiger partial charge in [0.15, 0.2) is 0 Å². The molecule has 0 aliphatic heterocycles.